The van der Waals surface area contributed by atoms with Crippen molar-refractivity contribution in [1.82, 2.24) is 4.57 Å². The molecule has 1 aromatic carbocycles. The summed E-state index contributed by atoms with van der Waals surface area (Å²) in [5.41, 5.74) is -0.486. The van der Waals surface area contributed by atoms with Crippen molar-refractivity contribution in [3.05, 3.63) is 39.3 Å². The molecule has 0 fully saturated rings. The van der Waals surface area contributed by atoms with Crippen molar-refractivity contribution >= 4 is 23.4 Å². The zero-order valence-electron chi connectivity index (χ0n) is 13.4. The van der Waals surface area contributed by atoms with E-state index >= 15 is 0 Å². The van der Waals surface area contributed by atoms with Crippen molar-refractivity contribution in [3.63, 3.8) is 0 Å². The van der Waals surface area contributed by atoms with E-state index < -0.39 is 17.0 Å². The third kappa shape index (κ3) is 3.58. The van der Waals surface area contributed by atoms with E-state index in [1.807, 2.05) is 27.7 Å². The second-order valence-corrected chi connectivity index (χ2v) is 7.68. The first kappa shape index (κ1) is 17.9. The summed E-state index contributed by atoms with van der Waals surface area (Å²) in [5, 5.41) is 10.2. The van der Waals surface area contributed by atoms with E-state index in [-0.39, 0.29) is 16.5 Å². The second kappa shape index (κ2) is 6.61. The van der Waals surface area contributed by atoms with Crippen molar-refractivity contribution in [3.8, 4) is 11.4 Å². The Labute approximate surface area is 143 Å². The number of benzene rings is 1. The lowest BCUT2D eigenvalue weighted by molar-refractivity contribution is 0.380. The molecule has 0 saturated carbocycles. The standard InChI is InChI=1S/C16H19ClFNO3S/c1-5-6-23-14-13(16(2,3)4)22-15(21)19(14)11-8-12(20)9(17)7-10(11)18/h7-8,20H,5-6H2,1-4H3. The summed E-state index contributed by atoms with van der Waals surface area (Å²) < 4.78 is 20.8. The van der Waals surface area contributed by atoms with Crippen molar-refractivity contribution in [2.24, 2.45) is 0 Å². The maximum absolute atomic E-state index is 14.3. The molecule has 0 radical (unpaired) electrons. The topological polar surface area (TPSA) is 55.4 Å². The van der Waals surface area contributed by atoms with Crippen LogP contribution in [0.25, 0.3) is 5.69 Å². The lowest BCUT2D eigenvalue weighted by Crippen LogP contribution is -2.15. The van der Waals surface area contributed by atoms with Crippen LogP contribution >= 0.6 is 23.4 Å². The molecule has 4 nitrogen and oxygen atoms in total. The maximum Gasteiger partial charge on any atom is 0.424 e. The average Bonchev–Trinajstić information content (AvgIpc) is 2.77. The van der Waals surface area contributed by atoms with Crippen LogP contribution in [0.4, 0.5) is 4.39 Å². The minimum atomic E-state index is -0.700. The van der Waals surface area contributed by atoms with Gasteiger partial charge in [0.2, 0.25) is 0 Å². The van der Waals surface area contributed by atoms with E-state index in [9.17, 15) is 14.3 Å². The minimum Gasteiger partial charge on any atom is -0.506 e. The quantitative estimate of drug-likeness (QED) is 0.802. The molecule has 0 amide bonds. The summed E-state index contributed by atoms with van der Waals surface area (Å²) in [6.07, 6.45) is 0.891. The molecule has 0 saturated heterocycles. The van der Waals surface area contributed by atoms with Crippen LogP contribution in [0.2, 0.25) is 5.02 Å². The van der Waals surface area contributed by atoms with Crippen LogP contribution < -0.4 is 5.76 Å². The first-order valence-corrected chi connectivity index (χ1v) is 8.60. The van der Waals surface area contributed by atoms with Crippen molar-refractivity contribution in [2.45, 2.75) is 44.6 Å². The number of aromatic hydroxyl groups is 1. The largest absolute Gasteiger partial charge is 0.506 e. The number of phenols is 1. The molecule has 7 heteroatoms. The van der Waals surface area contributed by atoms with Crippen LogP contribution in [0.15, 0.2) is 26.4 Å². The van der Waals surface area contributed by atoms with Gasteiger partial charge >= 0.3 is 5.76 Å². The highest BCUT2D eigenvalue weighted by Crippen LogP contribution is 2.36. The Morgan fingerprint density at radius 3 is 2.61 bits per heavy atom. The zero-order valence-corrected chi connectivity index (χ0v) is 15.0. The number of rotatable bonds is 4. The SMILES string of the molecule is CCCSc1c(C(C)(C)C)oc(=O)n1-c1cc(O)c(Cl)cc1F. The summed E-state index contributed by atoms with van der Waals surface area (Å²) in [7, 11) is 0. The predicted molar refractivity (Wildman–Crippen MR) is 90.7 cm³/mol. The molecule has 0 atom stereocenters. The highest BCUT2D eigenvalue weighted by atomic mass is 35.5. The number of hydrogen-bond acceptors (Lipinski definition) is 4. The van der Waals surface area contributed by atoms with Gasteiger partial charge in [0.1, 0.15) is 22.4 Å². The van der Waals surface area contributed by atoms with Gasteiger partial charge in [-0.25, -0.2) is 13.8 Å². The number of aromatic nitrogens is 1. The molecule has 23 heavy (non-hydrogen) atoms. The Hall–Kier alpha value is -1.40. The van der Waals surface area contributed by atoms with Gasteiger partial charge < -0.3 is 9.52 Å². The average molecular weight is 360 g/mol. The van der Waals surface area contributed by atoms with E-state index in [0.717, 1.165) is 28.9 Å². The first-order chi connectivity index (χ1) is 10.7. The number of nitrogens with zero attached hydrogens (tertiary/aromatic N) is 1. The molecule has 0 bridgehead atoms. The third-order valence-electron chi connectivity index (χ3n) is 3.15. The molecular formula is C16H19ClFNO3S. The number of hydrogen-bond donors (Lipinski definition) is 1. The monoisotopic (exact) mass is 359 g/mol. The van der Waals surface area contributed by atoms with Crippen LogP contribution in [0.3, 0.4) is 0 Å². The van der Waals surface area contributed by atoms with E-state index in [4.69, 9.17) is 16.0 Å². The fourth-order valence-electron chi connectivity index (χ4n) is 2.07. The zero-order chi connectivity index (χ0) is 17.4. The second-order valence-electron chi connectivity index (χ2n) is 6.19. The number of halogens is 2. The number of thioether (sulfide) groups is 1. The van der Waals surface area contributed by atoms with E-state index in [1.54, 1.807) is 0 Å². The Balaban J connectivity index is 2.74. The number of phenolic OH excluding ortho intramolecular Hbond substituents is 1. The molecule has 126 valence electrons. The van der Waals surface area contributed by atoms with Gasteiger partial charge in [0.15, 0.2) is 0 Å². The van der Waals surface area contributed by atoms with Gasteiger partial charge in [-0.1, -0.05) is 39.3 Å². The fourth-order valence-corrected chi connectivity index (χ4v) is 3.40. The Kier molecular flexibility index (Phi) is 5.16. The lowest BCUT2D eigenvalue weighted by atomic mass is 9.94. The number of oxazole rings is 1. The lowest BCUT2D eigenvalue weighted by Gasteiger charge is -2.17. The molecule has 0 aliphatic rings. The van der Waals surface area contributed by atoms with E-state index in [0.29, 0.717) is 10.8 Å². The van der Waals surface area contributed by atoms with Crippen molar-refractivity contribution in [2.75, 3.05) is 5.75 Å². The first-order valence-electron chi connectivity index (χ1n) is 7.24. The third-order valence-corrected chi connectivity index (χ3v) is 4.71. The molecular weight excluding hydrogens is 341 g/mol. The molecule has 1 heterocycles. The van der Waals surface area contributed by atoms with E-state index in [1.165, 1.54) is 11.8 Å². The van der Waals surface area contributed by atoms with Crippen molar-refractivity contribution < 1.29 is 13.9 Å². The molecule has 0 aliphatic carbocycles. The van der Waals surface area contributed by atoms with Crippen LogP contribution in [0, 0.1) is 5.82 Å². The van der Waals surface area contributed by atoms with Gasteiger partial charge in [0, 0.05) is 11.5 Å². The molecule has 0 unspecified atom stereocenters. The maximum atomic E-state index is 14.3. The van der Waals surface area contributed by atoms with Gasteiger partial charge in [0.05, 0.1) is 10.7 Å². The predicted octanol–water partition coefficient (Wildman–Crippen LogP) is 4.73. The van der Waals surface area contributed by atoms with Crippen LogP contribution in [-0.4, -0.2) is 15.4 Å². The summed E-state index contributed by atoms with van der Waals surface area (Å²) in [5.74, 6) is -0.429. The highest BCUT2D eigenvalue weighted by Gasteiger charge is 2.29. The van der Waals surface area contributed by atoms with Crippen LogP contribution in [0.5, 0.6) is 5.75 Å². The van der Waals surface area contributed by atoms with Crippen molar-refractivity contribution in [1.29, 1.82) is 0 Å². The van der Waals surface area contributed by atoms with E-state index in [2.05, 4.69) is 0 Å². The van der Waals surface area contributed by atoms with Gasteiger partial charge in [-0.3, -0.25) is 0 Å². The van der Waals surface area contributed by atoms with Gasteiger partial charge in [0.25, 0.3) is 0 Å². The smallest absolute Gasteiger partial charge is 0.424 e. The Morgan fingerprint density at radius 2 is 2.04 bits per heavy atom. The fraction of sp³-hybridized carbons (Fsp3) is 0.438. The van der Waals surface area contributed by atoms with Crippen LogP contribution in [0.1, 0.15) is 39.9 Å². The Bertz CT molecular complexity index is 777. The highest BCUT2D eigenvalue weighted by molar-refractivity contribution is 7.99. The minimum absolute atomic E-state index is 0.0743. The van der Waals surface area contributed by atoms with Gasteiger partial charge in [-0.2, -0.15) is 0 Å². The normalized spacial score (nSPS) is 11.9. The molecule has 0 spiro atoms. The van der Waals surface area contributed by atoms with Crippen LogP contribution in [-0.2, 0) is 5.41 Å². The molecule has 0 aliphatic heterocycles. The Morgan fingerprint density at radius 1 is 1.39 bits per heavy atom. The molecule has 1 N–H and O–H groups in total. The summed E-state index contributed by atoms with van der Waals surface area (Å²) in [6.45, 7) is 7.77. The molecule has 2 aromatic rings. The van der Waals surface area contributed by atoms with Gasteiger partial charge in [-0.05, 0) is 18.2 Å². The molecule has 2 rings (SSSR count). The summed E-state index contributed by atoms with van der Waals surface area (Å²) in [4.78, 5) is 12.3. The summed E-state index contributed by atoms with van der Waals surface area (Å²) >= 11 is 7.13. The summed E-state index contributed by atoms with van der Waals surface area (Å²) in [6, 6.07) is 2.12. The van der Waals surface area contributed by atoms with Gasteiger partial charge in [-0.15, -0.1) is 11.8 Å². The molecule has 1 aromatic heterocycles.